The van der Waals surface area contributed by atoms with Crippen LogP contribution in [0.2, 0.25) is 0 Å². The summed E-state index contributed by atoms with van der Waals surface area (Å²) in [5.41, 5.74) is 0. The Balaban J connectivity index is -0.000000171. The summed E-state index contributed by atoms with van der Waals surface area (Å²) >= 11 is 1.02. The normalized spacial score (nSPS) is 13.2. The topological polar surface area (TPSA) is 244 Å². The molecule has 0 aliphatic heterocycles. The van der Waals surface area contributed by atoms with Crippen molar-refractivity contribution >= 4 is 28.8 Å². The SMILES string of the molecule is CC(=O)OCC(O)CO.CC(=O)SCC(O)CO.CNCC(O)CO.COC(=O)C(O)CO. The molecule has 0 bridgehead atoms. The van der Waals surface area contributed by atoms with Crippen molar-refractivity contribution in [1.29, 1.82) is 0 Å². The van der Waals surface area contributed by atoms with E-state index >= 15 is 0 Å². The molecule has 0 aliphatic rings. The molecule has 0 aliphatic carbocycles. The fourth-order valence-electron chi connectivity index (χ4n) is 1.04. The van der Waals surface area contributed by atoms with E-state index in [0.29, 0.717) is 6.54 Å². The van der Waals surface area contributed by atoms with E-state index in [9.17, 15) is 14.4 Å². The minimum atomic E-state index is -1.39. The molecule has 0 radical (unpaired) electrons. The zero-order valence-corrected chi connectivity index (χ0v) is 20.1. The van der Waals surface area contributed by atoms with E-state index in [0.717, 1.165) is 18.9 Å². The number of esters is 2. The lowest BCUT2D eigenvalue weighted by molar-refractivity contribution is -0.152. The Bertz CT molecular complexity index is 447. The average molecular weight is 510 g/mol. The number of rotatable bonds is 11. The molecular formula is C18H39NO13S. The van der Waals surface area contributed by atoms with Crippen LogP contribution in [0, 0.1) is 0 Å². The number of carbonyl (C=O) groups is 3. The van der Waals surface area contributed by atoms with Gasteiger partial charge in [-0.1, -0.05) is 11.8 Å². The summed E-state index contributed by atoms with van der Waals surface area (Å²) in [7, 11) is 2.86. The lowest BCUT2D eigenvalue weighted by Gasteiger charge is -2.05. The van der Waals surface area contributed by atoms with Crippen LogP contribution in [0.4, 0.5) is 0 Å². The lowest BCUT2D eigenvalue weighted by atomic mass is 10.4. The molecular weight excluding hydrogens is 470 g/mol. The molecule has 14 nitrogen and oxygen atoms in total. The van der Waals surface area contributed by atoms with Gasteiger partial charge in [0.2, 0.25) is 0 Å². The van der Waals surface area contributed by atoms with Crippen molar-refractivity contribution in [3.8, 4) is 0 Å². The Hall–Kier alpha value is -1.40. The molecule has 0 aromatic carbocycles. The third-order valence-electron chi connectivity index (χ3n) is 2.68. The summed E-state index contributed by atoms with van der Waals surface area (Å²) in [5.74, 6) is -0.985. The van der Waals surface area contributed by atoms with Gasteiger partial charge in [-0.3, -0.25) is 9.59 Å². The first-order chi connectivity index (χ1) is 15.4. The van der Waals surface area contributed by atoms with Crippen LogP contribution < -0.4 is 5.32 Å². The molecule has 0 saturated heterocycles. The number of hydrogen-bond donors (Lipinski definition) is 9. The summed E-state index contributed by atoms with van der Waals surface area (Å²) in [4.78, 5) is 30.4. The number of nitrogens with one attached hydrogen (secondary N) is 1. The van der Waals surface area contributed by atoms with E-state index in [-0.39, 0.29) is 37.3 Å². The number of likely N-dealkylation sites (N-methyl/N-ethyl adjacent to an activating group) is 1. The van der Waals surface area contributed by atoms with E-state index in [4.69, 9.17) is 40.9 Å². The van der Waals surface area contributed by atoms with Crippen LogP contribution in [-0.2, 0) is 23.9 Å². The van der Waals surface area contributed by atoms with Gasteiger partial charge in [0.25, 0.3) is 0 Å². The van der Waals surface area contributed by atoms with Crippen LogP contribution in [0.3, 0.4) is 0 Å². The fraction of sp³-hybridized carbons (Fsp3) is 0.833. The van der Waals surface area contributed by atoms with E-state index in [1.807, 2.05) is 0 Å². The number of carbonyl (C=O) groups excluding carboxylic acids is 3. The summed E-state index contributed by atoms with van der Waals surface area (Å²) in [5, 5.41) is 69.6. The van der Waals surface area contributed by atoms with Gasteiger partial charge in [-0.25, -0.2) is 4.79 Å². The standard InChI is InChI=1S/C5H10O4.C5H10O3S.C4H11NO2.C4H8O4/c2*1-4(7)9-3-5(8)2-6;1-5-2-4(7)3-6;1-8-4(7)3(6)2-5/h2*5-6,8H,2-3H2,1H3;4-7H,2-3H2,1H3;3,5-6H,2H2,1H3. The number of ether oxygens (including phenoxy) is 2. The number of aliphatic hydroxyl groups is 8. The first-order valence-corrected chi connectivity index (χ1v) is 10.5. The van der Waals surface area contributed by atoms with E-state index in [2.05, 4.69) is 14.8 Å². The molecule has 0 saturated carbocycles. The van der Waals surface area contributed by atoms with E-state index < -0.39 is 43.0 Å². The van der Waals surface area contributed by atoms with Gasteiger partial charge in [-0.05, 0) is 7.05 Å². The molecule has 0 amide bonds. The number of hydrogen-bond acceptors (Lipinski definition) is 15. The zero-order chi connectivity index (χ0) is 26.8. The maximum absolute atomic E-state index is 10.2. The lowest BCUT2D eigenvalue weighted by Crippen LogP contribution is -2.26. The van der Waals surface area contributed by atoms with Gasteiger partial charge in [0, 0.05) is 26.1 Å². The highest BCUT2D eigenvalue weighted by Crippen LogP contribution is 2.02. The molecule has 4 atom stereocenters. The summed E-state index contributed by atoms with van der Waals surface area (Å²) in [6, 6.07) is 0. The third kappa shape index (κ3) is 38.2. The maximum Gasteiger partial charge on any atom is 0.337 e. The van der Waals surface area contributed by atoms with Gasteiger partial charge >= 0.3 is 11.9 Å². The molecule has 0 aromatic heterocycles. The minimum absolute atomic E-state index is 0.0394. The molecule has 33 heavy (non-hydrogen) atoms. The van der Waals surface area contributed by atoms with Crippen molar-refractivity contribution in [3.05, 3.63) is 0 Å². The van der Waals surface area contributed by atoms with Gasteiger partial charge in [0.15, 0.2) is 11.2 Å². The molecule has 4 unspecified atom stereocenters. The first kappa shape index (κ1) is 38.8. The third-order valence-corrected chi connectivity index (χ3v) is 3.63. The minimum Gasteiger partial charge on any atom is -0.467 e. The van der Waals surface area contributed by atoms with Gasteiger partial charge < -0.3 is 55.6 Å². The number of aliphatic hydroxyl groups excluding tert-OH is 8. The Labute approximate surface area is 197 Å². The van der Waals surface area contributed by atoms with E-state index in [1.54, 1.807) is 7.05 Å². The van der Waals surface area contributed by atoms with Gasteiger partial charge in [-0.15, -0.1) is 0 Å². The second kappa shape index (κ2) is 28.6. The van der Waals surface area contributed by atoms with Crippen molar-refractivity contribution < 1.29 is 64.7 Å². The summed E-state index contributed by atoms with van der Waals surface area (Å²) in [6.45, 7) is 1.57. The fourth-order valence-corrected chi connectivity index (χ4v) is 1.58. The molecule has 9 N–H and O–H groups in total. The second-order valence-electron chi connectivity index (χ2n) is 5.89. The molecule has 15 heteroatoms. The highest BCUT2D eigenvalue weighted by Gasteiger charge is 2.12. The summed E-state index contributed by atoms with van der Waals surface area (Å²) in [6.07, 6.45) is -3.71. The van der Waals surface area contributed by atoms with Gasteiger partial charge in [0.05, 0.1) is 45.7 Å². The van der Waals surface area contributed by atoms with Crippen LogP contribution >= 0.6 is 11.8 Å². The average Bonchev–Trinajstić information content (AvgIpc) is 2.80. The quantitative estimate of drug-likeness (QED) is 0.119. The van der Waals surface area contributed by atoms with Crippen molar-refractivity contribution in [2.75, 3.05) is 59.5 Å². The largest absolute Gasteiger partial charge is 0.467 e. The Kier molecular flexibility index (Phi) is 33.7. The molecule has 200 valence electrons. The van der Waals surface area contributed by atoms with Crippen molar-refractivity contribution in [3.63, 3.8) is 0 Å². The van der Waals surface area contributed by atoms with Gasteiger partial charge in [0.1, 0.15) is 12.7 Å². The van der Waals surface area contributed by atoms with Crippen LogP contribution in [0.5, 0.6) is 0 Å². The van der Waals surface area contributed by atoms with Crippen LogP contribution in [0.25, 0.3) is 0 Å². The molecule has 0 spiro atoms. The molecule has 0 rings (SSSR count). The zero-order valence-electron chi connectivity index (χ0n) is 19.3. The molecule has 0 fully saturated rings. The highest BCUT2D eigenvalue weighted by molar-refractivity contribution is 8.13. The predicted octanol–water partition coefficient (Wildman–Crippen LogP) is -4.41. The van der Waals surface area contributed by atoms with Crippen LogP contribution in [0.1, 0.15) is 13.8 Å². The smallest absolute Gasteiger partial charge is 0.337 e. The van der Waals surface area contributed by atoms with Crippen LogP contribution in [-0.4, -0.2) is 142 Å². The Morgan fingerprint density at radius 3 is 1.58 bits per heavy atom. The highest BCUT2D eigenvalue weighted by atomic mass is 32.2. The number of methoxy groups -OCH3 is 1. The predicted molar refractivity (Wildman–Crippen MR) is 118 cm³/mol. The van der Waals surface area contributed by atoms with Crippen molar-refractivity contribution in [1.82, 2.24) is 5.32 Å². The molecule has 0 heterocycles. The van der Waals surface area contributed by atoms with Gasteiger partial charge in [-0.2, -0.15) is 0 Å². The summed E-state index contributed by atoms with van der Waals surface area (Å²) < 4.78 is 8.40. The van der Waals surface area contributed by atoms with E-state index in [1.165, 1.54) is 13.8 Å². The van der Waals surface area contributed by atoms with Crippen LogP contribution in [0.15, 0.2) is 0 Å². The maximum atomic E-state index is 10.2. The van der Waals surface area contributed by atoms with Crippen molar-refractivity contribution in [2.45, 2.75) is 38.3 Å². The molecule has 0 aromatic rings. The first-order valence-electron chi connectivity index (χ1n) is 9.51. The van der Waals surface area contributed by atoms with Crippen molar-refractivity contribution in [2.24, 2.45) is 0 Å². The Morgan fingerprint density at radius 2 is 1.33 bits per heavy atom. The second-order valence-corrected chi connectivity index (χ2v) is 7.09. The monoisotopic (exact) mass is 509 g/mol. The Morgan fingerprint density at radius 1 is 0.848 bits per heavy atom. The number of thioether (sulfide) groups is 1.